The van der Waals surface area contributed by atoms with Gasteiger partial charge in [-0.1, -0.05) is 50.1 Å². The van der Waals surface area contributed by atoms with E-state index in [0.29, 0.717) is 0 Å². The van der Waals surface area contributed by atoms with Crippen LogP contribution in [0.4, 0.5) is 0 Å². The Labute approximate surface area is 141 Å². The SMILES string of the molecule is CCCC/C=C/C(O)CCc1c(I)n(C)c2ccccc12. The second kappa shape index (κ2) is 7.99. The number of aryl methyl sites for hydroxylation is 2. The first kappa shape index (κ1) is 16.6. The third-order valence-electron chi connectivity index (χ3n) is 3.91. The molecule has 1 atom stereocenters. The van der Waals surface area contributed by atoms with E-state index in [-0.39, 0.29) is 6.10 Å². The van der Waals surface area contributed by atoms with E-state index in [1.165, 1.54) is 33.0 Å². The largest absolute Gasteiger partial charge is 0.389 e. The highest BCUT2D eigenvalue weighted by molar-refractivity contribution is 14.1. The number of allylic oxidation sites excluding steroid dienone is 1. The molecular formula is C18H24INO. The van der Waals surface area contributed by atoms with Crippen LogP contribution in [-0.2, 0) is 13.5 Å². The first-order valence-electron chi connectivity index (χ1n) is 7.71. The molecule has 0 bridgehead atoms. The average Bonchev–Trinajstić information content (AvgIpc) is 2.74. The second-order valence-corrected chi connectivity index (χ2v) is 6.54. The molecule has 0 spiro atoms. The molecule has 0 aliphatic heterocycles. The van der Waals surface area contributed by atoms with E-state index in [1.54, 1.807) is 0 Å². The molecule has 0 fully saturated rings. The van der Waals surface area contributed by atoms with Crippen molar-refractivity contribution >= 4 is 33.5 Å². The number of hydrogen-bond acceptors (Lipinski definition) is 1. The van der Waals surface area contributed by atoms with Crippen molar-refractivity contribution in [3.63, 3.8) is 0 Å². The molecule has 0 aliphatic carbocycles. The lowest BCUT2D eigenvalue weighted by molar-refractivity contribution is 0.212. The van der Waals surface area contributed by atoms with Crippen LogP contribution >= 0.6 is 22.6 Å². The predicted molar refractivity (Wildman–Crippen MR) is 98.6 cm³/mol. The highest BCUT2D eigenvalue weighted by atomic mass is 127. The molecule has 1 N–H and O–H groups in total. The molecule has 1 aromatic heterocycles. The van der Waals surface area contributed by atoms with Crippen molar-refractivity contribution in [2.75, 3.05) is 0 Å². The topological polar surface area (TPSA) is 25.2 Å². The summed E-state index contributed by atoms with van der Waals surface area (Å²) in [6.07, 6.45) is 8.90. The van der Waals surface area contributed by atoms with Gasteiger partial charge in [0.25, 0.3) is 0 Å². The molecule has 2 rings (SSSR count). The fourth-order valence-electron chi connectivity index (χ4n) is 2.64. The van der Waals surface area contributed by atoms with E-state index in [2.05, 4.69) is 71.5 Å². The van der Waals surface area contributed by atoms with Crippen molar-refractivity contribution < 1.29 is 5.11 Å². The molecule has 2 aromatic rings. The monoisotopic (exact) mass is 397 g/mol. The number of nitrogens with zero attached hydrogens (tertiary/aromatic N) is 1. The van der Waals surface area contributed by atoms with Gasteiger partial charge < -0.3 is 9.67 Å². The van der Waals surface area contributed by atoms with Crippen LogP contribution in [0.1, 0.15) is 38.2 Å². The van der Waals surface area contributed by atoms with E-state index in [0.717, 1.165) is 19.3 Å². The maximum absolute atomic E-state index is 10.1. The standard InChI is InChI=1S/C18H24INO/c1-3-4-5-6-9-14(21)12-13-16-15-10-7-8-11-17(15)20(2)18(16)19/h6-11,14,21H,3-5,12-13H2,1-2H3/b9-6+. The zero-order valence-electron chi connectivity index (χ0n) is 12.8. The number of rotatable bonds is 7. The molecule has 0 amide bonds. The van der Waals surface area contributed by atoms with Gasteiger partial charge in [-0.15, -0.1) is 0 Å². The molecule has 3 heteroatoms. The zero-order chi connectivity index (χ0) is 15.2. The van der Waals surface area contributed by atoms with Crippen molar-refractivity contribution in [3.8, 4) is 0 Å². The highest BCUT2D eigenvalue weighted by Gasteiger charge is 2.13. The van der Waals surface area contributed by atoms with Crippen LogP contribution in [0.3, 0.4) is 0 Å². The molecule has 2 nitrogen and oxygen atoms in total. The molecule has 0 radical (unpaired) electrons. The fraction of sp³-hybridized carbons (Fsp3) is 0.444. The number of aromatic nitrogens is 1. The predicted octanol–water partition coefficient (Wildman–Crippen LogP) is 4.82. The summed E-state index contributed by atoms with van der Waals surface area (Å²) >= 11 is 2.41. The highest BCUT2D eigenvalue weighted by Crippen LogP contribution is 2.27. The van der Waals surface area contributed by atoms with E-state index in [9.17, 15) is 5.11 Å². The van der Waals surface area contributed by atoms with Gasteiger partial charge in [-0.05, 0) is 53.5 Å². The molecule has 21 heavy (non-hydrogen) atoms. The number of para-hydroxylation sites is 1. The molecular weight excluding hydrogens is 373 g/mol. The van der Waals surface area contributed by atoms with Crippen LogP contribution in [0.5, 0.6) is 0 Å². The Morgan fingerprint density at radius 1 is 1.33 bits per heavy atom. The summed E-state index contributed by atoms with van der Waals surface area (Å²) in [6.45, 7) is 2.19. The third kappa shape index (κ3) is 4.10. The van der Waals surface area contributed by atoms with Crippen LogP contribution in [0.2, 0.25) is 0 Å². The normalized spacial score (nSPS) is 13.3. The number of unbranched alkanes of at least 4 members (excludes halogenated alkanes) is 2. The van der Waals surface area contributed by atoms with Gasteiger partial charge in [0.15, 0.2) is 0 Å². The fourth-order valence-corrected chi connectivity index (χ4v) is 3.46. The van der Waals surface area contributed by atoms with Crippen LogP contribution in [0, 0.1) is 3.70 Å². The van der Waals surface area contributed by atoms with Gasteiger partial charge in [-0.25, -0.2) is 0 Å². The minimum Gasteiger partial charge on any atom is -0.389 e. The lowest BCUT2D eigenvalue weighted by atomic mass is 10.1. The quantitative estimate of drug-likeness (QED) is 0.404. The minimum atomic E-state index is -0.336. The third-order valence-corrected chi connectivity index (χ3v) is 5.28. The van der Waals surface area contributed by atoms with Gasteiger partial charge >= 0.3 is 0 Å². The summed E-state index contributed by atoms with van der Waals surface area (Å²) < 4.78 is 3.50. The number of halogens is 1. The van der Waals surface area contributed by atoms with Gasteiger partial charge in [-0.3, -0.25) is 0 Å². The van der Waals surface area contributed by atoms with Crippen molar-refractivity contribution in [3.05, 3.63) is 45.7 Å². The number of aliphatic hydroxyl groups excluding tert-OH is 1. The first-order chi connectivity index (χ1) is 10.1. The van der Waals surface area contributed by atoms with Crippen LogP contribution in [-0.4, -0.2) is 15.8 Å². The Bertz CT molecular complexity index is 615. The van der Waals surface area contributed by atoms with E-state index >= 15 is 0 Å². The van der Waals surface area contributed by atoms with Crippen molar-refractivity contribution in [1.82, 2.24) is 4.57 Å². The molecule has 1 heterocycles. The number of benzene rings is 1. The molecule has 1 unspecified atom stereocenters. The summed E-state index contributed by atoms with van der Waals surface area (Å²) in [5.74, 6) is 0. The van der Waals surface area contributed by atoms with Gasteiger partial charge in [0.05, 0.1) is 9.80 Å². The van der Waals surface area contributed by atoms with Crippen LogP contribution in [0.15, 0.2) is 36.4 Å². The summed E-state index contributed by atoms with van der Waals surface area (Å²) in [7, 11) is 2.11. The van der Waals surface area contributed by atoms with Crippen LogP contribution < -0.4 is 0 Å². The molecule has 1 aromatic carbocycles. The van der Waals surface area contributed by atoms with E-state index in [1.807, 2.05) is 6.08 Å². The van der Waals surface area contributed by atoms with Gasteiger partial charge in [0.1, 0.15) is 0 Å². The molecule has 114 valence electrons. The smallest absolute Gasteiger partial charge is 0.0839 e. The van der Waals surface area contributed by atoms with Crippen LogP contribution in [0.25, 0.3) is 10.9 Å². The average molecular weight is 397 g/mol. The Kier molecular flexibility index (Phi) is 6.30. The number of fused-ring (bicyclic) bond motifs is 1. The lowest BCUT2D eigenvalue weighted by Gasteiger charge is -2.06. The van der Waals surface area contributed by atoms with Crippen molar-refractivity contribution in [2.24, 2.45) is 7.05 Å². The van der Waals surface area contributed by atoms with Gasteiger partial charge in [0.2, 0.25) is 0 Å². The van der Waals surface area contributed by atoms with E-state index < -0.39 is 0 Å². The molecule has 0 saturated heterocycles. The summed E-state index contributed by atoms with van der Waals surface area (Å²) in [4.78, 5) is 0. The molecule has 0 saturated carbocycles. The number of aliphatic hydroxyl groups is 1. The second-order valence-electron chi connectivity index (χ2n) is 5.52. The van der Waals surface area contributed by atoms with E-state index in [4.69, 9.17) is 0 Å². The Morgan fingerprint density at radius 2 is 2.10 bits per heavy atom. The first-order valence-corrected chi connectivity index (χ1v) is 8.79. The van der Waals surface area contributed by atoms with Crippen molar-refractivity contribution in [1.29, 1.82) is 0 Å². The minimum absolute atomic E-state index is 0.336. The van der Waals surface area contributed by atoms with Gasteiger partial charge in [0, 0.05) is 18.0 Å². The Balaban J connectivity index is 2.03. The summed E-state index contributed by atoms with van der Waals surface area (Å²) in [6, 6.07) is 8.49. The summed E-state index contributed by atoms with van der Waals surface area (Å²) in [5.41, 5.74) is 2.62. The summed E-state index contributed by atoms with van der Waals surface area (Å²) in [5, 5.41) is 11.4. The maximum atomic E-state index is 10.1. The lowest BCUT2D eigenvalue weighted by Crippen LogP contribution is -2.04. The Hall–Kier alpha value is -0.810. The van der Waals surface area contributed by atoms with Crippen molar-refractivity contribution in [2.45, 2.75) is 45.1 Å². The Morgan fingerprint density at radius 3 is 2.86 bits per heavy atom. The maximum Gasteiger partial charge on any atom is 0.0839 e. The number of hydrogen-bond donors (Lipinski definition) is 1. The van der Waals surface area contributed by atoms with Gasteiger partial charge in [-0.2, -0.15) is 0 Å². The molecule has 0 aliphatic rings. The zero-order valence-corrected chi connectivity index (χ0v) is 15.0.